The second-order valence-electron chi connectivity index (χ2n) is 3.75. The zero-order valence-electron chi connectivity index (χ0n) is 11.8. The summed E-state index contributed by atoms with van der Waals surface area (Å²) in [6, 6.07) is -2.27. The highest BCUT2D eigenvalue weighted by Crippen LogP contribution is 2.10. The van der Waals surface area contributed by atoms with Gasteiger partial charge in [-0.2, -0.15) is 0 Å². The van der Waals surface area contributed by atoms with E-state index in [1.54, 1.807) is 0 Å². The molecule has 6 heteroatoms. The first-order valence-corrected chi connectivity index (χ1v) is 6.10. The first-order valence-electron chi connectivity index (χ1n) is 6.10. The molecule has 0 aromatic heterocycles. The van der Waals surface area contributed by atoms with E-state index in [9.17, 15) is 14.4 Å². The Labute approximate surface area is 124 Å². The highest BCUT2D eigenvalue weighted by molar-refractivity contribution is 5.85. The topological polar surface area (TPSA) is 72.9 Å². The molecule has 0 aromatic rings. The molecule has 2 atom stereocenters. The summed E-state index contributed by atoms with van der Waals surface area (Å²) in [7, 11) is 0. The average Bonchev–Trinajstić information content (AvgIpc) is 2.50. The Balaban J connectivity index is 5.15. The SMILES string of the molecule is C=CCOC(=O)C(C=C)N(C=O)C(C=C)C(=O)OCC=C. The van der Waals surface area contributed by atoms with Crippen molar-refractivity contribution in [1.82, 2.24) is 4.90 Å². The highest BCUT2D eigenvalue weighted by Gasteiger charge is 2.32. The van der Waals surface area contributed by atoms with Crippen LogP contribution < -0.4 is 0 Å². The van der Waals surface area contributed by atoms with Crippen molar-refractivity contribution >= 4 is 18.3 Å². The molecule has 0 aliphatic carbocycles. The maximum Gasteiger partial charge on any atom is 0.333 e. The molecule has 0 spiro atoms. The number of hydrogen-bond acceptors (Lipinski definition) is 5. The predicted octanol–water partition coefficient (Wildman–Crippen LogP) is 1.01. The van der Waals surface area contributed by atoms with Crippen molar-refractivity contribution in [3.8, 4) is 0 Å². The van der Waals surface area contributed by atoms with Gasteiger partial charge in [-0.05, 0) is 0 Å². The van der Waals surface area contributed by atoms with Gasteiger partial charge < -0.3 is 14.4 Å². The van der Waals surface area contributed by atoms with Crippen molar-refractivity contribution in [2.45, 2.75) is 12.1 Å². The second kappa shape index (κ2) is 10.2. The first kappa shape index (κ1) is 18.4. The minimum Gasteiger partial charge on any atom is -0.460 e. The number of ether oxygens (including phenoxy) is 2. The van der Waals surface area contributed by atoms with E-state index < -0.39 is 24.0 Å². The molecule has 0 aliphatic rings. The lowest BCUT2D eigenvalue weighted by atomic mass is 10.1. The number of hydrogen-bond donors (Lipinski definition) is 0. The van der Waals surface area contributed by atoms with Crippen LogP contribution in [0.4, 0.5) is 0 Å². The van der Waals surface area contributed by atoms with E-state index in [1.807, 2.05) is 0 Å². The maximum absolute atomic E-state index is 11.8. The fourth-order valence-electron chi connectivity index (χ4n) is 1.44. The van der Waals surface area contributed by atoms with Gasteiger partial charge in [-0.15, -0.1) is 13.2 Å². The quantitative estimate of drug-likeness (QED) is 0.323. The largest absolute Gasteiger partial charge is 0.460 e. The third-order valence-electron chi connectivity index (χ3n) is 2.38. The molecule has 0 rings (SSSR count). The smallest absolute Gasteiger partial charge is 0.333 e. The number of carbonyl (C=O) groups is 3. The van der Waals surface area contributed by atoms with Crippen molar-refractivity contribution in [3.63, 3.8) is 0 Å². The van der Waals surface area contributed by atoms with Gasteiger partial charge in [0.25, 0.3) is 0 Å². The van der Waals surface area contributed by atoms with Crippen molar-refractivity contribution in [1.29, 1.82) is 0 Å². The third kappa shape index (κ3) is 5.48. The molecule has 21 heavy (non-hydrogen) atoms. The van der Waals surface area contributed by atoms with Crippen LogP contribution in [0.2, 0.25) is 0 Å². The van der Waals surface area contributed by atoms with Crippen LogP contribution in [0.5, 0.6) is 0 Å². The van der Waals surface area contributed by atoms with Crippen LogP contribution in [0.1, 0.15) is 0 Å². The van der Waals surface area contributed by atoms with E-state index in [0.29, 0.717) is 6.41 Å². The molecule has 0 N–H and O–H groups in total. The van der Waals surface area contributed by atoms with E-state index in [1.165, 1.54) is 24.3 Å². The van der Waals surface area contributed by atoms with Gasteiger partial charge >= 0.3 is 11.9 Å². The molecule has 0 radical (unpaired) electrons. The van der Waals surface area contributed by atoms with Crippen LogP contribution in [0.15, 0.2) is 50.6 Å². The number of esters is 2. The van der Waals surface area contributed by atoms with E-state index in [0.717, 1.165) is 4.90 Å². The lowest BCUT2D eigenvalue weighted by Crippen LogP contribution is -2.49. The lowest BCUT2D eigenvalue weighted by molar-refractivity contribution is -0.156. The molecule has 0 fully saturated rings. The van der Waals surface area contributed by atoms with Gasteiger partial charge in [0.1, 0.15) is 25.3 Å². The van der Waals surface area contributed by atoms with Gasteiger partial charge in [0.05, 0.1) is 0 Å². The first-order chi connectivity index (χ1) is 10.1. The fraction of sp³-hybridized carbons (Fsp3) is 0.267. The summed E-state index contributed by atoms with van der Waals surface area (Å²) in [5.74, 6) is -1.47. The Bertz CT molecular complexity index is 394. The Morgan fingerprint density at radius 2 is 1.29 bits per heavy atom. The summed E-state index contributed by atoms with van der Waals surface area (Å²) in [5, 5.41) is 0. The number of amides is 1. The van der Waals surface area contributed by atoms with Crippen molar-refractivity contribution in [2.75, 3.05) is 13.2 Å². The molecule has 0 aliphatic heterocycles. The van der Waals surface area contributed by atoms with Gasteiger partial charge in [0.15, 0.2) is 0 Å². The minimum absolute atomic E-state index is 0.0183. The standard InChI is InChI=1S/C15H19NO5/c1-5-9-20-14(18)12(7-3)16(11-17)13(8-4)15(19)21-10-6-2/h5-8,11-13H,1-4,9-10H2. The van der Waals surface area contributed by atoms with Gasteiger partial charge in [-0.3, -0.25) is 4.79 Å². The molecular formula is C15H19NO5. The van der Waals surface area contributed by atoms with Gasteiger partial charge in [0.2, 0.25) is 6.41 Å². The average molecular weight is 293 g/mol. The molecule has 114 valence electrons. The normalized spacial score (nSPS) is 12.2. The lowest BCUT2D eigenvalue weighted by Gasteiger charge is -2.28. The molecule has 0 saturated carbocycles. The predicted molar refractivity (Wildman–Crippen MR) is 78.2 cm³/mol. The molecule has 0 heterocycles. The second-order valence-corrected chi connectivity index (χ2v) is 3.75. The van der Waals surface area contributed by atoms with Crippen LogP contribution in [0.3, 0.4) is 0 Å². The van der Waals surface area contributed by atoms with Gasteiger partial charge in [0, 0.05) is 0 Å². The monoisotopic (exact) mass is 293 g/mol. The van der Waals surface area contributed by atoms with Crippen LogP contribution in [-0.2, 0) is 23.9 Å². The Hall–Kier alpha value is -2.63. The van der Waals surface area contributed by atoms with E-state index in [4.69, 9.17) is 9.47 Å². The van der Waals surface area contributed by atoms with Gasteiger partial charge in [-0.1, -0.05) is 37.5 Å². The van der Waals surface area contributed by atoms with Crippen molar-refractivity contribution in [2.24, 2.45) is 0 Å². The molecule has 2 unspecified atom stereocenters. The van der Waals surface area contributed by atoms with Crippen LogP contribution >= 0.6 is 0 Å². The third-order valence-corrected chi connectivity index (χ3v) is 2.38. The zero-order chi connectivity index (χ0) is 16.3. The molecule has 0 saturated heterocycles. The Morgan fingerprint density at radius 1 is 0.905 bits per heavy atom. The van der Waals surface area contributed by atoms with Crippen molar-refractivity contribution in [3.05, 3.63) is 50.6 Å². The summed E-state index contributed by atoms with van der Waals surface area (Å²) >= 11 is 0. The molecule has 0 bridgehead atoms. The summed E-state index contributed by atoms with van der Waals surface area (Å²) in [4.78, 5) is 35.8. The maximum atomic E-state index is 11.8. The fourth-order valence-corrected chi connectivity index (χ4v) is 1.44. The Kier molecular flexibility index (Phi) is 8.92. The van der Waals surface area contributed by atoms with Crippen LogP contribution in [-0.4, -0.2) is 48.5 Å². The molecule has 0 aromatic carbocycles. The summed E-state index contributed by atoms with van der Waals surface area (Å²) in [5.41, 5.74) is 0. The Morgan fingerprint density at radius 3 is 1.52 bits per heavy atom. The van der Waals surface area contributed by atoms with E-state index in [-0.39, 0.29) is 13.2 Å². The summed E-state index contributed by atoms with van der Waals surface area (Å²) in [6.07, 6.45) is 5.48. The van der Waals surface area contributed by atoms with Gasteiger partial charge in [-0.25, -0.2) is 9.59 Å². The number of carbonyl (C=O) groups excluding carboxylic acids is 3. The molecule has 6 nitrogen and oxygen atoms in total. The zero-order valence-corrected chi connectivity index (χ0v) is 11.8. The van der Waals surface area contributed by atoms with Crippen LogP contribution in [0, 0.1) is 0 Å². The van der Waals surface area contributed by atoms with E-state index in [2.05, 4.69) is 26.3 Å². The molecule has 1 amide bonds. The summed E-state index contributed by atoms with van der Waals surface area (Å²) < 4.78 is 9.70. The minimum atomic E-state index is -1.14. The summed E-state index contributed by atoms with van der Waals surface area (Å²) in [6.45, 7) is 13.7. The molecular weight excluding hydrogens is 274 g/mol. The highest BCUT2D eigenvalue weighted by atomic mass is 16.5. The van der Waals surface area contributed by atoms with E-state index >= 15 is 0 Å². The number of nitrogens with zero attached hydrogens (tertiary/aromatic N) is 1. The number of rotatable bonds is 11. The van der Waals surface area contributed by atoms with Crippen molar-refractivity contribution < 1.29 is 23.9 Å². The van der Waals surface area contributed by atoms with Crippen LogP contribution in [0.25, 0.3) is 0 Å².